The summed E-state index contributed by atoms with van der Waals surface area (Å²) in [5.41, 5.74) is 7.79. The Labute approximate surface area is 172 Å². The Kier molecular flexibility index (Phi) is 5.15. The predicted octanol–water partition coefficient (Wildman–Crippen LogP) is 4.18. The van der Waals surface area contributed by atoms with Crippen LogP contribution >= 0.6 is 26.7 Å². The van der Waals surface area contributed by atoms with Crippen molar-refractivity contribution >= 4 is 41.7 Å². The largest absolute Gasteiger partial charge is 0.387 e. The Bertz CT molecular complexity index is 840. The van der Waals surface area contributed by atoms with Crippen molar-refractivity contribution in [1.82, 2.24) is 0 Å². The molecule has 0 radical (unpaired) electrons. The van der Waals surface area contributed by atoms with E-state index in [0.717, 1.165) is 22.7 Å². The fourth-order valence-corrected chi connectivity index (χ4v) is 7.66. The number of aliphatic imine (C=N–C) groups is 1. The van der Waals surface area contributed by atoms with Crippen LogP contribution in [-0.4, -0.2) is 31.1 Å². The summed E-state index contributed by atoms with van der Waals surface area (Å²) in [6.45, 7) is 0.663. The number of hydrogen-bond acceptors (Lipinski definition) is 4. The fourth-order valence-electron chi connectivity index (χ4n) is 6.23. The van der Waals surface area contributed by atoms with Gasteiger partial charge in [0, 0.05) is 21.8 Å². The molecular formula is C19H25BrN2O3S2. The highest BCUT2D eigenvalue weighted by atomic mass is 79.9. The van der Waals surface area contributed by atoms with E-state index in [1.165, 1.54) is 37.7 Å². The number of halogens is 1. The summed E-state index contributed by atoms with van der Waals surface area (Å²) >= 11 is 3.54. The van der Waals surface area contributed by atoms with E-state index in [-0.39, 0.29) is 16.6 Å². The van der Waals surface area contributed by atoms with Gasteiger partial charge in [-0.05, 0) is 78.9 Å². The van der Waals surface area contributed by atoms with Crippen LogP contribution < -0.4 is 5.73 Å². The van der Waals surface area contributed by atoms with Crippen molar-refractivity contribution in [3.05, 3.63) is 34.3 Å². The smallest absolute Gasteiger partial charge is 0.320 e. The van der Waals surface area contributed by atoms with E-state index >= 15 is 0 Å². The van der Waals surface area contributed by atoms with E-state index in [4.69, 9.17) is 10.3 Å². The van der Waals surface area contributed by atoms with Crippen LogP contribution in [0, 0.1) is 17.3 Å². The number of rotatable bonds is 6. The first kappa shape index (κ1) is 19.7. The highest BCUT2D eigenvalue weighted by Gasteiger charge is 2.57. The van der Waals surface area contributed by atoms with Gasteiger partial charge >= 0.3 is 9.15 Å². The van der Waals surface area contributed by atoms with Gasteiger partial charge in [0.05, 0.1) is 5.75 Å². The lowest BCUT2D eigenvalue weighted by Gasteiger charge is -2.62. The maximum absolute atomic E-state index is 10.9. The molecule has 0 spiro atoms. The number of nitrogens with two attached hydrogens (primary N) is 1. The van der Waals surface area contributed by atoms with Crippen molar-refractivity contribution in [2.75, 3.05) is 12.3 Å². The van der Waals surface area contributed by atoms with Crippen LogP contribution in [0.15, 0.2) is 33.7 Å². The Morgan fingerprint density at radius 3 is 2.44 bits per heavy atom. The lowest BCUT2D eigenvalue weighted by atomic mass is 9.43. The van der Waals surface area contributed by atoms with E-state index in [1.807, 2.05) is 0 Å². The summed E-state index contributed by atoms with van der Waals surface area (Å²) in [4.78, 5) is 4.55. The second-order valence-corrected chi connectivity index (χ2v) is 13.0. The summed E-state index contributed by atoms with van der Waals surface area (Å²) in [6.07, 6.45) is 7.40. The topological polar surface area (TPSA) is 92.8 Å². The van der Waals surface area contributed by atoms with Crippen molar-refractivity contribution in [2.45, 2.75) is 43.9 Å². The molecule has 4 aliphatic rings. The highest BCUT2D eigenvalue weighted by molar-refractivity contribution is 9.10. The molecule has 27 heavy (non-hydrogen) atoms. The molecule has 4 saturated carbocycles. The Hall–Kier alpha value is -0.570. The molecule has 2 atom stereocenters. The van der Waals surface area contributed by atoms with Crippen LogP contribution in [0.5, 0.6) is 0 Å². The quantitative estimate of drug-likeness (QED) is 0.280. The van der Waals surface area contributed by atoms with E-state index in [1.54, 1.807) is 0 Å². The molecule has 1 aromatic rings. The summed E-state index contributed by atoms with van der Waals surface area (Å²) in [5, 5.41) is 0. The first-order chi connectivity index (χ1) is 12.7. The molecule has 0 aliphatic heterocycles. The normalized spacial score (nSPS) is 35.6. The molecule has 4 aliphatic carbocycles. The molecule has 5 nitrogen and oxygen atoms in total. The zero-order valence-corrected chi connectivity index (χ0v) is 18.3. The molecule has 3 N–H and O–H groups in total. The maximum Gasteiger partial charge on any atom is 0.320 e. The molecule has 8 heteroatoms. The van der Waals surface area contributed by atoms with Crippen LogP contribution in [0.25, 0.3) is 0 Å². The van der Waals surface area contributed by atoms with Crippen molar-refractivity contribution < 1.29 is 13.0 Å². The third-order valence-electron chi connectivity index (χ3n) is 6.61. The van der Waals surface area contributed by atoms with Gasteiger partial charge < -0.3 is 5.73 Å². The average molecular weight is 473 g/mol. The van der Waals surface area contributed by atoms with Crippen LogP contribution in [-0.2, 0) is 14.6 Å². The van der Waals surface area contributed by atoms with Gasteiger partial charge in [-0.2, -0.15) is 8.42 Å². The molecule has 148 valence electrons. The number of amidine groups is 1. The first-order valence-corrected chi connectivity index (χ1v) is 13.1. The van der Waals surface area contributed by atoms with E-state index in [2.05, 4.69) is 45.2 Å². The zero-order chi connectivity index (χ0) is 19.3. The summed E-state index contributed by atoms with van der Waals surface area (Å²) in [6, 6.07) is 8.82. The van der Waals surface area contributed by atoms with Crippen LogP contribution in [0.2, 0.25) is 0 Å². The molecule has 4 fully saturated rings. The molecule has 0 amide bonds. The van der Waals surface area contributed by atoms with Gasteiger partial charge in [-0.3, -0.25) is 9.55 Å². The Balaban J connectivity index is 1.54. The zero-order valence-electron chi connectivity index (χ0n) is 15.1. The number of nitrogens with zero attached hydrogens (tertiary/aromatic N) is 1. The fraction of sp³-hybridized carbons (Fsp3) is 0.632. The molecule has 1 aromatic carbocycles. The lowest BCUT2D eigenvalue weighted by molar-refractivity contribution is -0.0664. The van der Waals surface area contributed by atoms with Gasteiger partial charge in [-0.1, -0.05) is 28.1 Å². The maximum atomic E-state index is 10.9. The third-order valence-corrected chi connectivity index (χ3v) is 9.10. The van der Waals surface area contributed by atoms with Crippen molar-refractivity contribution in [2.24, 2.45) is 28.0 Å². The molecular weight excluding hydrogens is 448 g/mol. The highest BCUT2D eigenvalue weighted by Crippen LogP contribution is 2.65. The van der Waals surface area contributed by atoms with Crippen molar-refractivity contribution in [3.8, 4) is 0 Å². The third kappa shape index (κ3) is 4.23. The van der Waals surface area contributed by atoms with E-state index in [0.29, 0.717) is 23.2 Å². The SMILES string of the molecule is NC(CSS(=O)(=O)O)=NCC12CC3CC(C1)CC(c1ccc(Br)cc1)(C3)C2. The van der Waals surface area contributed by atoms with Crippen LogP contribution in [0.3, 0.4) is 0 Å². The first-order valence-electron chi connectivity index (χ1n) is 9.34. The molecule has 0 heterocycles. The summed E-state index contributed by atoms with van der Waals surface area (Å²) in [5.74, 6) is 1.81. The van der Waals surface area contributed by atoms with Crippen LogP contribution in [0.1, 0.15) is 44.1 Å². The van der Waals surface area contributed by atoms with Crippen molar-refractivity contribution in [1.29, 1.82) is 0 Å². The minimum absolute atomic E-state index is 0.0135. The van der Waals surface area contributed by atoms with Gasteiger partial charge in [-0.15, -0.1) is 0 Å². The second kappa shape index (κ2) is 7.04. The van der Waals surface area contributed by atoms with Gasteiger partial charge in [0.15, 0.2) is 0 Å². The minimum Gasteiger partial charge on any atom is -0.387 e. The molecule has 0 saturated heterocycles. The second-order valence-electron chi connectivity index (χ2n) is 8.75. The van der Waals surface area contributed by atoms with Gasteiger partial charge in [0.1, 0.15) is 5.84 Å². The van der Waals surface area contributed by atoms with Crippen LogP contribution in [0.4, 0.5) is 0 Å². The monoisotopic (exact) mass is 472 g/mol. The molecule has 0 aromatic heterocycles. The molecule has 5 rings (SSSR count). The lowest BCUT2D eigenvalue weighted by Crippen LogP contribution is -2.55. The number of hydrogen-bond donors (Lipinski definition) is 2. The average Bonchev–Trinajstić information content (AvgIpc) is 2.57. The van der Waals surface area contributed by atoms with Gasteiger partial charge in [0.25, 0.3) is 0 Å². The number of benzene rings is 1. The molecule has 2 unspecified atom stereocenters. The van der Waals surface area contributed by atoms with Gasteiger partial charge in [-0.25, -0.2) is 0 Å². The summed E-state index contributed by atoms with van der Waals surface area (Å²) < 4.78 is 31.8. The van der Waals surface area contributed by atoms with E-state index < -0.39 is 9.15 Å². The molecule has 4 bridgehead atoms. The van der Waals surface area contributed by atoms with Crippen molar-refractivity contribution in [3.63, 3.8) is 0 Å². The Morgan fingerprint density at radius 2 is 1.85 bits per heavy atom. The Morgan fingerprint density at radius 1 is 1.22 bits per heavy atom. The minimum atomic E-state index is -4.08. The predicted molar refractivity (Wildman–Crippen MR) is 113 cm³/mol. The van der Waals surface area contributed by atoms with Gasteiger partial charge in [0.2, 0.25) is 0 Å². The standard InChI is InChI=1S/C19H25BrN2O3S2/c20-16-3-1-15(2-4-16)19-8-13-5-14(9-19)7-18(6-13,11-19)12-22-17(21)10-26-27(23,24)25/h1-4,13-14H,5-12H2,(H2,21,22)(H,23,24,25). The summed E-state index contributed by atoms with van der Waals surface area (Å²) in [7, 11) is -3.66. The van der Waals surface area contributed by atoms with E-state index in [9.17, 15) is 8.42 Å².